The third-order valence-electron chi connectivity index (χ3n) is 5.33. The highest BCUT2D eigenvalue weighted by molar-refractivity contribution is 7.87. The Kier molecular flexibility index (Phi) is 8.94. The SMILES string of the molecule is CCNC(=O)N(Cc1ccc(OC)c(OS(=O)(=O)c2ccc(NC(C)=O)cc2)c1)C[C@H]1CCCO1. The van der Waals surface area contributed by atoms with E-state index in [2.05, 4.69) is 10.6 Å². The standard InChI is InChI=1S/C24H31N3O7S/c1-4-25-24(29)27(16-20-6-5-13-33-20)15-18-7-12-22(32-3)23(14-18)34-35(30,31)21-10-8-19(9-11-21)26-17(2)28/h7-12,14,20H,4-6,13,15-16H2,1-3H3,(H,25,29)(H,26,28)/t20-/m1/s1. The molecule has 3 amide bonds. The molecular formula is C24H31N3O7S. The van der Waals surface area contributed by atoms with E-state index in [1.165, 1.54) is 38.3 Å². The number of rotatable bonds is 10. The third-order valence-corrected chi connectivity index (χ3v) is 6.58. The minimum Gasteiger partial charge on any atom is -0.493 e. The summed E-state index contributed by atoms with van der Waals surface area (Å²) in [5.74, 6) is -0.0284. The van der Waals surface area contributed by atoms with Crippen molar-refractivity contribution in [3.63, 3.8) is 0 Å². The van der Waals surface area contributed by atoms with Crippen LogP contribution >= 0.6 is 0 Å². The number of ether oxygens (including phenoxy) is 2. The minimum absolute atomic E-state index is 0.00361. The lowest BCUT2D eigenvalue weighted by molar-refractivity contribution is -0.114. The molecule has 35 heavy (non-hydrogen) atoms. The molecule has 1 aliphatic heterocycles. The van der Waals surface area contributed by atoms with E-state index in [0.717, 1.165) is 12.8 Å². The first-order valence-corrected chi connectivity index (χ1v) is 12.8. The zero-order chi connectivity index (χ0) is 25.4. The number of methoxy groups -OCH3 is 1. The number of hydrogen-bond acceptors (Lipinski definition) is 7. The maximum absolute atomic E-state index is 12.9. The van der Waals surface area contributed by atoms with Crippen LogP contribution in [-0.4, -0.2) is 58.2 Å². The van der Waals surface area contributed by atoms with Crippen molar-refractivity contribution >= 4 is 27.7 Å². The molecule has 0 unspecified atom stereocenters. The predicted octanol–water partition coefficient (Wildman–Crippen LogP) is 3.13. The van der Waals surface area contributed by atoms with Gasteiger partial charge in [0.05, 0.1) is 13.2 Å². The van der Waals surface area contributed by atoms with Gasteiger partial charge < -0.3 is 29.2 Å². The Labute approximate surface area is 205 Å². The smallest absolute Gasteiger partial charge is 0.339 e. The maximum atomic E-state index is 12.9. The van der Waals surface area contributed by atoms with Crippen LogP contribution in [0.4, 0.5) is 10.5 Å². The Balaban J connectivity index is 1.81. The highest BCUT2D eigenvalue weighted by Crippen LogP contribution is 2.32. The molecule has 190 valence electrons. The maximum Gasteiger partial charge on any atom is 0.339 e. The number of nitrogens with one attached hydrogen (secondary N) is 2. The van der Waals surface area contributed by atoms with Crippen molar-refractivity contribution in [2.24, 2.45) is 0 Å². The first-order valence-electron chi connectivity index (χ1n) is 11.3. The monoisotopic (exact) mass is 505 g/mol. The molecule has 0 aliphatic carbocycles. The van der Waals surface area contributed by atoms with E-state index in [9.17, 15) is 18.0 Å². The van der Waals surface area contributed by atoms with Gasteiger partial charge in [0.1, 0.15) is 4.90 Å². The summed E-state index contributed by atoms with van der Waals surface area (Å²) in [6.45, 7) is 5.02. The molecule has 0 bridgehead atoms. The molecule has 1 saturated heterocycles. The zero-order valence-electron chi connectivity index (χ0n) is 20.1. The Morgan fingerprint density at radius 3 is 2.49 bits per heavy atom. The number of hydrogen-bond donors (Lipinski definition) is 2. The van der Waals surface area contributed by atoms with Gasteiger partial charge in [-0.05, 0) is 61.7 Å². The number of carbonyl (C=O) groups is 2. The van der Waals surface area contributed by atoms with Gasteiger partial charge in [-0.2, -0.15) is 8.42 Å². The van der Waals surface area contributed by atoms with E-state index in [1.54, 1.807) is 23.1 Å². The second kappa shape index (κ2) is 11.9. The third kappa shape index (κ3) is 7.33. The number of amides is 3. The summed E-state index contributed by atoms with van der Waals surface area (Å²) in [7, 11) is -2.77. The van der Waals surface area contributed by atoms with Gasteiger partial charge in [-0.25, -0.2) is 4.79 Å². The van der Waals surface area contributed by atoms with Crippen molar-refractivity contribution in [2.45, 2.75) is 44.2 Å². The van der Waals surface area contributed by atoms with E-state index in [-0.39, 0.29) is 41.0 Å². The molecule has 2 aromatic carbocycles. The fourth-order valence-electron chi connectivity index (χ4n) is 3.70. The minimum atomic E-state index is -4.19. The first kappa shape index (κ1) is 26.3. The summed E-state index contributed by atoms with van der Waals surface area (Å²) in [6.07, 6.45) is 1.80. The van der Waals surface area contributed by atoms with Crippen LogP contribution < -0.4 is 19.6 Å². The Bertz CT molecular complexity index is 1130. The summed E-state index contributed by atoms with van der Waals surface area (Å²) >= 11 is 0. The van der Waals surface area contributed by atoms with Crippen molar-refractivity contribution in [3.05, 3.63) is 48.0 Å². The summed E-state index contributed by atoms with van der Waals surface area (Å²) in [4.78, 5) is 25.4. The summed E-state index contributed by atoms with van der Waals surface area (Å²) in [5.41, 5.74) is 1.13. The van der Waals surface area contributed by atoms with Crippen molar-refractivity contribution in [1.29, 1.82) is 0 Å². The largest absolute Gasteiger partial charge is 0.493 e. The van der Waals surface area contributed by atoms with Gasteiger partial charge in [0.2, 0.25) is 5.91 Å². The van der Waals surface area contributed by atoms with Gasteiger partial charge in [0.15, 0.2) is 11.5 Å². The van der Waals surface area contributed by atoms with Crippen LogP contribution in [0.3, 0.4) is 0 Å². The highest BCUT2D eigenvalue weighted by atomic mass is 32.2. The molecule has 0 radical (unpaired) electrons. The van der Waals surface area contributed by atoms with Crippen LogP contribution in [0.15, 0.2) is 47.4 Å². The van der Waals surface area contributed by atoms with Crippen molar-refractivity contribution in [1.82, 2.24) is 10.2 Å². The van der Waals surface area contributed by atoms with Crippen LogP contribution in [0.1, 0.15) is 32.3 Å². The van der Waals surface area contributed by atoms with E-state index in [0.29, 0.717) is 30.9 Å². The van der Waals surface area contributed by atoms with Gasteiger partial charge in [-0.1, -0.05) is 6.07 Å². The molecule has 3 rings (SSSR count). The van der Waals surface area contributed by atoms with Gasteiger partial charge >= 0.3 is 16.1 Å². The number of carbonyl (C=O) groups excluding carboxylic acids is 2. The Hall–Kier alpha value is -3.31. The molecule has 0 aromatic heterocycles. The predicted molar refractivity (Wildman–Crippen MR) is 130 cm³/mol. The molecule has 11 heteroatoms. The van der Waals surface area contributed by atoms with Crippen LogP contribution in [0.25, 0.3) is 0 Å². The summed E-state index contributed by atoms with van der Waals surface area (Å²) in [5, 5.41) is 5.39. The summed E-state index contributed by atoms with van der Waals surface area (Å²) < 4.78 is 42.2. The molecule has 1 aliphatic rings. The van der Waals surface area contributed by atoms with Gasteiger partial charge in [0.25, 0.3) is 0 Å². The number of nitrogens with zero attached hydrogens (tertiary/aromatic N) is 1. The summed E-state index contributed by atoms with van der Waals surface area (Å²) in [6, 6.07) is 10.3. The van der Waals surface area contributed by atoms with E-state index in [1.807, 2.05) is 6.92 Å². The van der Waals surface area contributed by atoms with E-state index < -0.39 is 10.1 Å². The molecule has 1 fully saturated rings. The highest BCUT2D eigenvalue weighted by Gasteiger charge is 2.24. The second-order valence-electron chi connectivity index (χ2n) is 8.08. The molecule has 10 nitrogen and oxygen atoms in total. The van der Waals surface area contributed by atoms with Crippen molar-refractivity contribution in [2.75, 3.05) is 32.1 Å². The first-order chi connectivity index (χ1) is 16.7. The second-order valence-corrected chi connectivity index (χ2v) is 9.63. The van der Waals surface area contributed by atoms with Crippen LogP contribution in [0.5, 0.6) is 11.5 Å². The zero-order valence-corrected chi connectivity index (χ0v) is 20.9. The lowest BCUT2D eigenvalue weighted by Crippen LogP contribution is -2.43. The van der Waals surface area contributed by atoms with E-state index >= 15 is 0 Å². The Morgan fingerprint density at radius 1 is 1.14 bits per heavy atom. The lowest BCUT2D eigenvalue weighted by Gasteiger charge is -2.26. The molecule has 2 aromatic rings. The van der Waals surface area contributed by atoms with Crippen molar-refractivity contribution < 1.29 is 31.7 Å². The quantitative estimate of drug-likeness (QED) is 0.476. The van der Waals surface area contributed by atoms with Crippen LogP contribution in [0, 0.1) is 0 Å². The number of urea groups is 1. The lowest BCUT2D eigenvalue weighted by atomic mass is 10.1. The molecular weight excluding hydrogens is 474 g/mol. The number of anilines is 1. The molecule has 2 N–H and O–H groups in total. The van der Waals surface area contributed by atoms with Gasteiger partial charge in [0, 0.05) is 38.9 Å². The fourth-order valence-corrected chi connectivity index (χ4v) is 4.63. The molecule has 0 spiro atoms. The topological polar surface area (TPSA) is 123 Å². The molecule has 1 atom stereocenters. The van der Waals surface area contributed by atoms with Crippen molar-refractivity contribution in [3.8, 4) is 11.5 Å². The van der Waals surface area contributed by atoms with E-state index in [4.69, 9.17) is 13.7 Å². The Morgan fingerprint density at radius 2 is 1.89 bits per heavy atom. The number of benzene rings is 2. The van der Waals surface area contributed by atoms with Gasteiger partial charge in [-0.15, -0.1) is 0 Å². The average molecular weight is 506 g/mol. The normalized spacial score (nSPS) is 15.3. The fraction of sp³-hybridized carbons (Fsp3) is 0.417. The average Bonchev–Trinajstić information content (AvgIpc) is 3.32. The molecule has 1 heterocycles. The van der Waals surface area contributed by atoms with Crippen LogP contribution in [0.2, 0.25) is 0 Å². The molecule has 0 saturated carbocycles. The van der Waals surface area contributed by atoms with Crippen LogP contribution in [-0.2, 0) is 26.2 Å². The van der Waals surface area contributed by atoms with Gasteiger partial charge in [-0.3, -0.25) is 4.79 Å².